The fourth-order valence-electron chi connectivity index (χ4n) is 0.627. The Labute approximate surface area is 55.9 Å². The molecule has 0 saturated carbocycles. The zero-order chi connectivity index (χ0) is 7.65. The van der Waals surface area contributed by atoms with E-state index in [0.29, 0.717) is 0 Å². The van der Waals surface area contributed by atoms with E-state index in [1.54, 1.807) is 20.8 Å². The van der Waals surface area contributed by atoms with Gasteiger partial charge in [-0.25, -0.2) is 0 Å². The average Bonchev–Trinajstić information content (AvgIpc) is 1.62. The number of Topliss-reactive ketones (excluding diaryl/α,β-unsaturated/α-hetero) is 1. The van der Waals surface area contributed by atoms with E-state index in [2.05, 4.69) is 0 Å². The van der Waals surface area contributed by atoms with Gasteiger partial charge in [0.25, 0.3) is 0 Å². The lowest BCUT2D eigenvalue weighted by Gasteiger charge is -2.17. The number of aliphatic hydroxyl groups excluding tert-OH is 1. The van der Waals surface area contributed by atoms with Crippen molar-refractivity contribution in [2.75, 3.05) is 0 Å². The molecule has 9 heavy (non-hydrogen) atoms. The molecule has 0 aromatic heterocycles. The third kappa shape index (κ3) is 2.61. The Morgan fingerprint density at radius 3 is 1.78 bits per heavy atom. The van der Waals surface area contributed by atoms with Crippen LogP contribution in [-0.2, 0) is 4.79 Å². The fraction of sp³-hybridized carbons (Fsp3) is 0.857. The summed E-state index contributed by atoms with van der Waals surface area (Å²) in [5.41, 5.74) is -0.409. The topological polar surface area (TPSA) is 37.3 Å². The van der Waals surface area contributed by atoms with Gasteiger partial charge in [-0.15, -0.1) is 0 Å². The van der Waals surface area contributed by atoms with Gasteiger partial charge >= 0.3 is 0 Å². The average molecular weight is 130 g/mol. The van der Waals surface area contributed by atoms with Crippen LogP contribution < -0.4 is 0 Å². The van der Waals surface area contributed by atoms with Crippen LogP contribution >= 0.6 is 0 Å². The maximum Gasteiger partial charge on any atom is 0.166 e. The standard InChI is InChI=1S/C7H14O2/c1-5(8)6(9)7(2,3)4/h5,8H,1-4H3. The van der Waals surface area contributed by atoms with Crippen molar-refractivity contribution >= 4 is 5.78 Å². The lowest BCUT2D eigenvalue weighted by Crippen LogP contribution is -2.29. The van der Waals surface area contributed by atoms with Crippen LogP contribution in [-0.4, -0.2) is 17.0 Å². The van der Waals surface area contributed by atoms with Crippen molar-refractivity contribution in [3.63, 3.8) is 0 Å². The van der Waals surface area contributed by atoms with Gasteiger partial charge in [0.1, 0.15) is 6.10 Å². The smallest absolute Gasteiger partial charge is 0.166 e. The number of carbonyl (C=O) groups is 1. The minimum atomic E-state index is -0.829. The van der Waals surface area contributed by atoms with Crippen molar-refractivity contribution in [2.45, 2.75) is 33.8 Å². The van der Waals surface area contributed by atoms with Crippen LogP contribution in [0.15, 0.2) is 0 Å². The molecule has 0 spiro atoms. The van der Waals surface area contributed by atoms with Gasteiger partial charge in [0, 0.05) is 5.41 Å². The van der Waals surface area contributed by atoms with E-state index >= 15 is 0 Å². The zero-order valence-electron chi connectivity index (χ0n) is 6.43. The van der Waals surface area contributed by atoms with Crippen LogP contribution in [0.5, 0.6) is 0 Å². The zero-order valence-corrected chi connectivity index (χ0v) is 6.43. The molecule has 0 rings (SSSR count). The molecule has 0 aromatic carbocycles. The third-order valence-corrected chi connectivity index (χ3v) is 1.12. The summed E-state index contributed by atoms with van der Waals surface area (Å²) in [6.45, 7) is 6.87. The summed E-state index contributed by atoms with van der Waals surface area (Å²) in [7, 11) is 0. The molecule has 0 amide bonds. The van der Waals surface area contributed by atoms with Crippen LogP contribution in [0.2, 0.25) is 0 Å². The van der Waals surface area contributed by atoms with E-state index in [9.17, 15) is 4.79 Å². The van der Waals surface area contributed by atoms with Crippen LogP contribution in [0.3, 0.4) is 0 Å². The van der Waals surface area contributed by atoms with Gasteiger partial charge in [-0.2, -0.15) is 0 Å². The molecule has 0 aliphatic rings. The van der Waals surface area contributed by atoms with E-state index in [4.69, 9.17) is 5.11 Å². The van der Waals surface area contributed by atoms with E-state index < -0.39 is 11.5 Å². The Morgan fingerprint density at radius 2 is 1.78 bits per heavy atom. The predicted octanol–water partition coefficient (Wildman–Crippen LogP) is 0.982. The number of carbonyl (C=O) groups excluding carboxylic acids is 1. The van der Waals surface area contributed by atoms with Crippen molar-refractivity contribution in [2.24, 2.45) is 5.41 Å². The second kappa shape index (κ2) is 2.48. The molecule has 0 saturated heterocycles. The van der Waals surface area contributed by atoms with Gasteiger partial charge < -0.3 is 5.11 Å². The fourth-order valence-corrected chi connectivity index (χ4v) is 0.627. The van der Waals surface area contributed by atoms with E-state index in [1.807, 2.05) is 0 Å². The highest BCUT2D eigenvalue weighted by Crippen LogP contribution is 2.16. The first-order chi connectivity index (χ1) is 3.85. The van der Waals surface area contributed by atoms with Crippen molar-refractivity contribution in [3.05, 3.63) is 0 Å². The van der Waals surface area contributed by atoms with Crippen molar-refractivity contribution in [1.29, 1.82) is 0 Å². The SMILES string of the molecule is CC(O)C(=O)C(C)(C)C. The normalized spacial score (nSPS) is 15.2. The van der Waals surface area contributed by atoms with Gasteiger partial charge in [0.15, 0.2) is 5.78 Å². The summed E-state index contributed by atoms with van der Waals surface area (Å²) >= 11 is 0. The lowest BCUT2D eigenvalue weighted by atomic mass is 9.88. The molecule has 0 radical (unpaired) electrons. The second-order valence-electron chi connectivity index (χ2n) is 3.29. The van der Waals surface area contributed by atoms with Crippen molar-refractivity contribution in [3.8, 4) is 0 Å². The first-order valence-electron chi connectivity index (χ1n) is 3.08. The summed E-state index contributed by atoms with van der Waals surface area (Å²) < 4.78 is 0. The number of aliphatic hydroxyl groups is 1. The summed E-state index contributed by atoms with van der Waals surface area (Å²) in [5, 5.41) is 8.81. The summed E-state index contributed by atoms with van der Waals surface area (Å²) in [4.78, 5) is 10.9. The predicted molar refractivity (Wildman–Crippen MR) is 36.1 cm³/mol. The summed E-state index contributed by atoms with van der Waals surface area (Å²) in [5.74, 6) is -0.109. The molecule has 1 N–H and O–H groups in total. The molecule has 0 fully saturated rings. The highest BCUT2D eigenvalue weighted by atomic mass is 16.3. The molecule has 2 nitrogen and oxygen atoms in total. The van der Waals surface area contributed by atoms with Crippen LogP contribution in [0, 0.1) is 5.41 Å². The molecule has 1 atom stereocenters. The maximum absolute atomic E-state index is 10.9. The Hall–Kier alpha value is -0.370. The van der Waals surface area contributed by atoms with E-state index in [1.165, 1.54) is 6.92 Å². The van der Waals surface area contributed by atoms with Gasteiger partial charge in [0.05, 0.1) is 0 Å². The number of ketones is 1. The summed E-state index contributed by atoms with van der Waals surface area (Å²) in [6, 6.07) is 0. The Bertz CT molecular complexity index is 109. The molecule has 0 heterocycles. The van der Waals surface area contributed by atoms with E-state index in [0.717, 1.165) is 0 Å². The van der Waals surface area contributed by atoms with Gasteiger partial charge in [0.2, 0.25) is 0 Å². The molecule has 0 aliphatic heterocycles. The minimum Gasteiger partial charge on any atom is -0.386 e. The van der Waals surface area contributed by atoms with Crippen molar-refractivity contribution in [1.82, 2.24) is 0 Å². The number of hydrogen-bond acceptors (Lipinski definition) is 2. The largest absolute Gasteiger partial charge is 0.386 e. The van der Waals surface area contributed by atoms with Crippen LogP contribution in [0.25, 0.3) is 0 Å². The number of rotatable bonds is 1. The quantitative estimate of drug-likeness (QED) is 0.574. The van der Waals surface area contributed by atoms with Gasteiger partial charge in [-0.05, 0) is 6.92 Å². The van der Waals surface area contributed by atoms with Crippen LogP contribution in [0.1, 0.15) is 27.7 Å². The lowest BCUT2D eigenvalue weighted by molar-refractivity contribution is -0.133. The molecule has 0 aromatic rings. The highest BCUT2D eigenvalue weighted by Gasteiger charge is 2.24. The van der Waals surface area contributed by atoms with Crippen molar-refractivity contribution < 1.29 is 9.90 Å². The Morgan fingerprint density at radius 1 is 1.44 bits per heavy atom. The molecule has 0 bridgehead atoms. The molecular weight excluding hydrogens is 116 g/mol. The Kier molecular flexibility index (Phi) is 2.38. The maximum atomic E-state index is 10.9. The summed E-state index contributed by atoms with van der Waals surface area (Å²) in [6.07, 6.45) is -0.829. The molecule has 54 valence electrons. The van der Waals surface area contributed by atoms with Gasteiger partial charge in [-0.1, -0.05) is 20.8 Å². The first-order valence-corrected chi connectivity index (χ1v) is 3.08. The first kappa shape index (κ1) is 8.63. The molecule has 2 heteroatoms. The molecule has 0 aliphatic carbocycles. The minimum absolute atomic E-state index is 0.109. The molecular formula is C7H14O2. The van der Waals surface area contributed by atoms with Crippen LogP contribution in [0.4, 0.5) is 0 Å². The monoisotopic (exact) mass is 130 g/mol. The Balaban J connectivity index is 4.06. The molecule has 1 unspecified atom stereocenters. The number of hydrogen-bond donors (Lipinski definition) is 1. The van der Waals surface area contributed by atoms with Gasteiger partial charge in [-0.3, -0.25) is 4.79 Å². The second-order valence-corrected chi connectivity index (χ2v) is 3.29. The third-order valence-electron chi connectivity index (χ3n) is 1.12. The highest BCUT2D eigenvalue weighted by molar-refractivity contribution is 5.87. The van der Waals surface area contributed by atoms with E-state index in [-0.39, 0.29) is 5.78 Å².